The molecule has 3 aromatic rings. The molecule has 0 fully saturated rings. The second-order valence-electron chi connectivity index (χ2n) is 8.42. The third kappa shape index (κ3) is 4.12. The number of aryl methyl sites for hydroxylation is 1. The summed E-state index contributed by atoms with van der Waals surface area (Å²) in [5, 5.41) is 2.49. The van der Waals surface area contributed by atoms with Gasteiger partial charge in [-0.15, -0.1) is 11.3 Å². The number of thiophene rings is 1. The number of benzene rings is 2. The molecule has 2 aliphatic rings. The molecule has 5 rings (SSSR count). The Labute approximate surface area is 193 Å². The Hall–Kier alpha value is -2.87. The Morgan fingerprint density at radius 1 is 0.970 bits per heavy atom. The second-order valence-corrected chi connectivity index (χ2v) is 9.56. The lowest BCUT2D eigenvalue weighted by Crippen LogP contribution is -2.42. The van der Waals surface area contributed by atoms with Crippen LogP contribution in [0, 0.1) is 5.82 Å². The Morgan fingerprint density at radius 2 is 1.70 bits per heavy atom. The number of carbonyl (C=O) groups excluding carboxylic acids is 1. The van der Waals surface area contributed by atoms with E-state index in [2.05, 4.69) is 5.32 Å². The third-order valence-electron chi connectivity index (χ3n) is 6.40. The largest absolute Gasteiger partial charge is 0.418 e. The maximum absolute atomic E-state index is 13.6. The van der Waals surface area contributed by atoms with E-state index in [0.29, 0.717) is 13.0 Å². The summed E-state index contributed by atoms with van der Waals surface area (Å²) in [7, 11) is 0. The summed E-state index contributed by atoms with van der Waals surface area (Å²) in [5.74, 6) is -0.379. The van der Waals surface area contributed by atoms with Gasteiger partial charge in [0.25, 0.3) is 0 Å². The number of rotatable bonds is 2. The molecule has 0 radical (unpaired) electrons. The van der Waals surface area contributed by atoms with Crippen molar-refractivity contribution in [2.45, 2.75) is 44.3 Å². The van der Waals surface area contributed by atoms with Crippen molar-refractivity contribution in [1.82, 2.24) is 4.90 Å². The van der Waals surface area contributed by atoms with E-state index in [9.17, 15) is 22.4 Å². The summed E-state index contributed by atoms with van der Waals surface area (Å²) in [6.45, 7) is 0.373. The highest BCUT2D eigenvalue weighted by atomic mass is 32.1. The van der Waals surface area contributed by atoms with Gasteiger partial charge in [0.1, 0.15) is 5.82 Å². The molecule has 0 unspecified atom stereocenters. The van der Waals surface area contributed by atoms with E-state index < -0.39 is 23.8 Å². The minimum Gasteiger partial charge on any atom is -0.312 e. The predicted octanol–water partition coefficient (Wildman–Crippen LogP) is 6.96. The molecule has 8 heteroatoms. The van der Waals surface area contributed by atoms with Crippen LogP contribution in [-0.2, 0) is 25.4 Å². The molecule has 1 aliphatic heterocycles. The summed E-state index contributed by atoms with van der Waals surface area (Å²) >= 11 is 1.68. The molecular formula is C25H22F4N2OS. The van der Waals surface area contributed by atoms with Crippen molar-refractivity contribution in [3.8, 4) is 0 Å². The Balaban J connectivity index is 1.53. The smallest absolute Gasteiger partial charge is 0.312 e. The van der Waals surface area contributed by atoms with E-state index in [4.69, 9.17) is 0 Å². The molecule has 2 aromatic carbocycles. The first-order valence-electron chi connectivity index (χ1n) is 11.0. The number of urea groups is 1. The van der Waals surface area contributed by atoms with Gasteiger partial charge in [-0.05, 0) is 73.1 Å². The fourth-order valence-corrected chi connectivity index (χ4v) is 6.46. The summed E-state index contributed by atoms with van der Waals surface area (Å²) in [5.41, 5.74) is 2.21. The zero-order valence-corrected chi connectivity index (χ0v) is 18.5. The van der Waals surface area contributed by atoms with Gasteiger partial charge in [0.15, 0.2) is 0 Å². The van der Waals surface area contributed by atoms with Crippen LogP contribution in [0.1, 0.15) is 50.9 Å². The fourth-order valence-electron chi connectivity index (χ4n) is 4.87. The molecular weight excluding hydrogens is 452 g/mol. The van der Waals surface area contributed by atoms with E-state index in [-0.39, 0.29) is 11.5 Å². The Kier molecular flexibility index (Phi) is 5.64. The molecule has 1 aliphatic carbocycles. The van der Waals surface area contributed by atoms with Gasteiger partial charge < -0.3 is 10.2 Å². The Morgan fingerprint density at radius 3 is 2.45 bits per heavy atom. The minimum absolute atomic E-state index is 0.274. The molecule has 0 saturated heterocycles. The summed E-state index contributed by atoms with van der Waals surface area (Å²) in [6, 6.07) is 9.91. The average molecular weight is 475 g/mol. The van der Waals surface area contributed by atoms with Gasteiger partial charge in [-0.25, -0.2) is 9.18 Å². The number of hydrogen-bond acceptors (Lipinski definition) is 2. The highest BCUT2D eigenvalue weighted by Crippen LogP contribution is 2.45. The first-order valence-corrected chi connectivity index (χ1v) is 11.8. The zero-order valence-electron chi connectivity index (χ0n) is 17.7. The van der Waals surface area contributed by atoms with Gasteiger partial charge in [0, 0.05) is 16.3 Å². The van der Waals surface area contributed by atoms with Gasteiger partial charge in [-0.1, -0.05) is 24.3 Å². The van der Waals surface area contributed by atoms with Crippen LogP contribution in [0.4, 0.5) is 28.0 Å². The van der Waals surface area contributed by atoms with Crippen molar-refractivity contribution in [3.63, 3.8) is 0 Å². The van der Waals surface area contributed by atoms with Crippen molar-refractivity contribution in [2.75, 3.05) is 11.9 Å². The fraction of sp³-hybridized carbons (Fsp3) is 0.320. The van der Waals surface area contributed by atoms with E-state index in [1.54, 1.807) is 28.4 Å². The van der Waals surface area contributed by atoms with Crippen molar-refractivity contribution in [2.24, 2.45) is 0 Å². The highest BCUT2D eigenvalue weighted by Gasteiger charge is 2.38. The molecule has 1 N–H and O–H groups in total. The van der Waals surface area contributed by atoms with Crippen molar-refractivity contribution in [1.29, 1.82) is 0 Å². The molecule has 0 bridgehead atoms. The quantitative estimate of drug-likeness (QED) is 0.400. The van der Waals surface area contributed by atoms with Crippen LogP contribution in [0.25, 0.3) is 0 Å². The van der Waals surface area contributed by atoms with Gasteiger partial charge in [0.05, 0.1) is 17.3 Å². The molecule has 2 amide bonds. The monoisotopic (exact) mass is 474 g/mol. The molecule has 33 heavy (non-hydrogen) atoms. The molecule has 0 spiro atoms. The summed E-state index contributed by atoms with van der Waals surface area (Å²) in [4.78, 5) is 17.3. The lowest BCUT2D eigenvalue weighted by molar-refractivity contribution is -0.136. The first-order chi connectivity index (χ1) is 15.8. The van der Waals surface area contributed by atoms with E-state index in [0.717, 1.165) is 42.2 Å². The molecule has 2 heterocycles. The zero-order chi connectivity index (χ0) is 23.2. The van der Waals surface area contributed by atoms with Crippen molar-refractivity contribution >= 4 is 23.1 Å². The highest BCUT2D eigenvalue weighted by molar-refractivity contribution is 7.12. The van der Waals surface area contributed by atoms with Gasteiger partial charge in [-0.2, -0.15) is 13.2 Å². The number of amides is 2. The van der Waals surface area contributed by atoms with Gasteiger partial charge in [-0.3, -0.25) is 0 Å². The maximum Gasteiger partial charge on any atom is 0.418 e. The standard InChI is InChI=1S/C25H22F4N2OS/c26-16-11-9-15(10-12-16)22-23-18(17-5-1-4-8-21(17)33-23)13-14-31(22)24(32)30-20-7-3-2-6-19(20)25(27,28)29/h2-3,6-7,9-12,22H,1,4-5,8,13-14H2,(H,30,32)/t22-/m0/s1. The van der Waals surface area contributed by atoms with Gasteiger partial charge in [0.2, 0.25) is 0 Å². The number of nitrogens with zero attached hydrogens (tertiary/aromatic N) is 1. The number of hydrogen-bond donors (Lipinski definition) is 1. The number of halogens is 4. The Bertz CT molecular complexity index is 1190. The molecule has 0 saturated carbocycles. The normalized spacial score (nSPS) is 17.9. The van der Waals surface area contributed by atoms with E-state index in [1.165, 1.54) is 46.3 Å². The first kappa shape index (κ1) is 21.9. The lowest BCUT2D eigenvalue weighted by Gasteiger charge is -2.36. The van der Waals surface area contributed by atoms with Gasteiger partial charge >= 0.3 is 12.2 Å². The maximum atomic E-state index is 13.6. The van der Waals surface area contributed by atoms with Crippen molar-refractivity contribution in [3.05, 3.63) is 86.4 Å². The van der Waals surface area contributed by atoms with E-state index in [1.807, 2.05) is 0 Å². The molecule has 3 nitrogen and oxygen atoms in total. The molecule has 172 valence electrons. The molecule has 1 aromatic heterocycles. The number of nitrogens with one attached hydrogen (secondary N) is 1. The number of fused-ring (bicyclic) bond motifs is 3. The van der Waals surface area contributed by atoms with Crippen LogP contribution in [0.5, 0.6) is 0 Å². The summed E-state index contributed by atoms with van der Waals surface area (Å²) in [6.07, 6.45) is 0.369. The minimum atomic E-state index is -4.58. The predicted molar refractivity (Wildman–Crippen MR) is 120 cm³/mol. The van der Waals surface area contributed by atoms with Crippen LogP contribution < -0.4 is 5.32 Å². The molecule has 1 atom stereocenters. The van der Waals surface area contributed by atoms with Crippen LogP contribution in [-0.4, -0.2) is 17.5 Å². The topological polar surface area (TPSA) is 32.3 Å². The number of alkyl halides is 3. The van der Waals surface area contributed by atoms with Crippen LogP contribution in [0.15, 0.2) is 48.5 Å². The third-order valence-corrected chi connectivity index (χ3v) is 7.78. The summed E-state index contributed by atoms with van der Waals surface area (Å²) < 4.78 is 54.0. The van der Waals surface area contributed by atoms with Crippen LogP contribution in [0.2, 0.25) is 0 Å². The number of para-hydroxylation sites is 1. The van der Waals surface area contributed by atoms with Crippen LogP contribution in [0.3, 0.4) is 0 Å². The average Bonchev–Trinajstić information content (AvgIpc) is 3.17. The lowest BCUT2D eigenvalue weighted by atomic mass is 9.88. The number of carbonyl (C=O) groups is 1. The van der Waals surface area contributed by atoms with Crippen LogP contribution >= 0.6 is 11.3 Å². The van der Waals surface area contributed by atoms with E-state index >= 15 is 0 Å². The second kappa shape index (κ2) is 8.48. The number of anilines is 1. The van der Waals surface area contributed by atoms with Crippen molar-refractivity contribution < 1.29 is 22.4 Å². The SMILES string of the molecule is O=C(Nc1ccccc1C(F)(F)F)N1CCc2c(sc3c2CCCC3)[C@@H]1c1ccc(F)cc1.